The first-order chi connectivity index (χ1) is 9.77. The van der Waals surface area contributed by atoms with Gasteiger partial charge in [-0.15, -0.1) is 0 Å². The topological polar surface area (TPSA) is 72.6 Å². The Morgan fingerprint density at radius 1 is 1.48 bits per heavy atom. The highest BCUT2D eigenvalue weighted by molar-refractivity contribution is 9.10. The van der Waals surface area contributed by atoms with Gasteiger partial charge in [0.15, 0.2) is 0 Å². The Morgan fingerprint density at radius 3 is 2.76 bits per heavy atom. The van der Waals surface area contributed by atoms with Crippen LogP contribution in [0.5, 0.6) is 0 Å². The molecule has 118 valence electrons. The summed E-state index contributed by atoms with van der Waals surface area (Å²) in [5.41, 5.74) is 5.59. The van der Waals surface area contributed by atoms with Gasteiger partial charge in [0, 0.05) is 20.2 Å². The molecule has 5 nitrogen and oxygen atoms in total. The maximum absolute atomic E-state index is 13.4. The van der Waals surface area contributed by atoms with Crippen LogP contribution in [-0.2, 0) is 14.8 Å². The van der Waals surface area contributed by atoms with E-state index in [1.165, 1.54) is 10.4 Å². The van der Waals surface area contributed by atoms with Crippen LogP contribution in [0.2, 0.25) is 0 Å². The summed E-state index contributed by atoms with van der Waals surface area (Å²) in [5, 5.41) is 0. The number of methoxy groups -OCH3 is 1. The van der Waals surface area contributed by atoms with Gasteiger partial charge in [-0.05, 0) is 40.4 Å². The van der Waals surface area contributed by atoms with Gasteiger partial charge in [0.2, 0.25) is 10.0 Å². The Balaban J connectivity index is 2.37. The van der Waals surface area contributed by atoms with Gasteiger partial charge in [-0.3, -0.25) is 0 Å². The van der Waals surface area contributed by atoms with Crippen molar-refractivity contribution in [1.82, 2.24) is 4.31 Å². The summed E-state index contributed by atoms with van der Waals surface area (Å²) >= 11 is 2.99. The molecular formula is C13H18BrFN2O3S. The van der Waals surface area contributed by atoms with Crippen LogP contribution in [-0.4, -0.2) is 39.0 Å². The van der Waals surface area contributed by atoms with Crippen molar-refractivity contribution >= 4 is 31.6 Å². The van der Waals surface area contributed by atoms with Gasteiger partial charge in [0.05, 0.1) is 16.3 Å². The first kappa shape index (κ1) is 16.7. The van der Waals surface area contributed by atoms with Crippen LogP contribution in [0.3, 0.4) is 0 Å². The molecule has 2 N–H and O–H groups in total. The molecule has 0 amide bonds. The molecule has 0 radical (unpaired) electrons. The lowest BCUT2D eigenvalue weighted by molar-refractivity contribution is 0.0184. The van der Waals surface area contributed by atoms with Crippen molar-refractivity contribution in [2.45, 2.75) is 24.3 Å². The van der Waals surface area contributed by atoms with Gasteiger partial charge in [-0.25, -0.2) is 12.8 Å². The third-order valence-corrected chi connectivity index (χ3v) is 6.35. The summed E-state index contributed by atoms with van der Waals surface area (Å²) in [5.74, 6) is -0.299. The highest BCUT2D eigenvalue weighted by Crippen LogP contribution is 2.31. The molecule has 1 aliphatic heterocycles. The minimum Gasteiger partial charge on any atom is -0.398 e. The lowest BCUT2D eigenvalue weighted by Crippen LogP contribution is -2.46. The molecule has 0 aromatic heterocycles. The Morgan fingerprint density at radius 2 is 2.14 bits per heavy atom. The zero-order chi connectivity index (χ0) is 15.8. The molecule has 1 heterocycles. The molecule has 0 bridgehead atoms. The van der Waals surface area contributed by atoms with E-state index < -0.39 is 15.8 Å². The van der Waals surface area contributed by atoms with E-state index in [-0.39, 0.29) is 27.7 Å². The quantitative estimate of drug-likeness (QED) is 0.815. The third kappa shape index (κ3) is 3.23. The zero-order valence-corrected chi connectivity index (χ0v) is 14.2. The smallest absolute Gasteiger partial charge is 0.245 e. The number of benzene rings is 1. The molecule has 0 saturated carbocycles. The maximum atomic E-state index is 13.4. The van der Waals surface area contributed by atoms with Gasteiger partial charge in [-0.1, -0.05) is 6.92 Å². The van der Waals surface area contributed by atoms with Crippen molar-refractivity contribution in [2.75, 3.05) is 25.9 Å². The molecule has 1 aromatic rings. The van der Waals surface area contributed by atoms with E-state index >= 15 is 0 Å². The monoisotopic (exact) mass is 380 g/mol. The molecule has 1 fully saturated rings. The van der Waals surface area contributed by atoms with Crippen LogP contribution in [0.15, 0.2) is 21.5 Å². The number of nitrogen functional groups attached to an aromatic ring is 1. The van der Waals surface area contributed by atoms with Gasteiger partial charge in [-0.2, -0.15) is 4.31 Å². The second-order valence-corrected chi connectivity index (χ2v) is 7.97. The first-order valence-corrected chi connectivity index (χ1v) is 8.78. The summed E-state index contributed by atoms with van der Waals surface area (Å²) < 4.78 is 45.5. The number of halogens is 2. The summed E-state index contributed by atoms with van der Waals surface area (Å²) in [6.07, 6.45) is 0.554. The lowest BCUT2D eigenvalue weighted by atomic mass is 9.97. The molecule has 1 aromatic carbocycles. The number of hydrogen-bond acceptors (Lipinski definition) is 4. The predicted molar refractivity (Wildman–Crippen MR) is 81.8 cm³/mol. The number of sulfonamides is 1. The lowest BCUT2D eigenvalue weighted by Gasteiger charge is -2.35. The van der Waals surface area contributed by atoms with Gasteiger partial charge in [0.25, 0.3) is 0 Å². The molecule has 2 rings (SSSR count). The molecule has 1 saturated heterocycles. The van der Waals surface area contributed by atoms with E-state index in [1.54, 1.807) is 7.11 Å². The fraction of sp³-hybridized carbons (Fsp3) is 0.538. The molecule has 8 heteroatoms. The number of rotatable bonds is 3. The van der Waals surface area contributed by atoms with Crippen LogP contribution in [0, 0.1) is 11.7 Å². The average molecular weight is 381 g/mol. The molecule has 21 heavy (non-hydrogen) atoms. The van der Waals surface area contributed by atoms with Crippen molar-refractivity contribution in [3.8, 4) is 0 Å². The number of hydrogen-bond donors (Lipinski definition) is 1. The van der Waals surface area contributed by atoms with Crippen molar-refractivity contribution in [3.05, 3.63) is 22.4 Å². The van der Waals surface area contributed by atoms with Gasteiger partial charge < -0.3 is 10.5 Å². The standard InChI is InChI=1S/C13H18BrFN2O3S/c1-8-3-4-17(7-12(8)20-2)21(18,19)13-5-9(14)10(15)6-11(13)16/h5-6,8,12H,3-4,7,16H2,1-2H3. The molecule has 2 unspecified atom stereocenters. The summed E-state index contributed by atoms with van der Waals surface area (Å²) in [6.45, 7) is 2.70. The normalized spacial score (nSPS) is 24.2. The Bertz CT molecular complexity index is 639. The van der Waals surface area contributed by atoms with Crippen LogP contribution in [0.4, 0.5) is 10.1 Å². The highest BCUT2D eigenvalue weighted by atomic mass is 79.9. The Kier molecular flexibility index (Phi) is 4.92. The van der Waals surface area contributed by atoms with E-state index in [0.717, 1.165) is 6.07 Å². The fourth-order valence-corrected chi connectivity index (χ4v) is 4.52. The average Bonchev–Trinajstić information content (AvgIpc) is 2.43. The second kappa shape index (κ2) is 6.20. The summed E-state index contributed by atoms with van der Waals surface area (Å²) in [4.78, 5) is -0.0832. The fourth-order valence-electron chi connectivity index (χ4n) is 2.44. The molecule has 0 aliphatic carbocycles. The van der Waals surface area contributed by atoms with E-state index in [9.17, 15) is 12.8 Å². The van der Waals surface area contributed by atoms with Crippen molar-refractivity contribution < 1.29 is 17.5 Å². The number of nitrogens with zero attached hydrogens (tertiary/aromatic N) is 1. The first-order valence-electron chi connectivity index (χ1n) is 6.54. The largest absolute Gasteiger partial charge is 0.398 e. The number of ether oxygens (including phenoxy) is 1. The molecule has 0 spiro atoms. The molecular weight excluding hydrogens is 363 g/mol. The minimum absolute atomic E-state index is 0.0731. The van der Waals surface area contributed by atoms with E-state index in [2.05, 4.69) is 15.9 Å². The Labute approximate surface area is 132 Å². The van der Waals surface area contributed by atoms with Crippen LogP contribution < -0.4 is 5.73 Å². The number of anilines is 1. The van der Waals surface area contributed by atoms with Crippen LogP contribution in [0.1, 0.15) is 13.3 Å². The van der Waals surface area contributed by atoms with Crippen LogP contribution >= 0.6 is 15.9 Å². The third-order valence-electron chi connectivity index (χ3n) is 3.83. The Hall–Kier alpha value is -0.700. The maximum Gasteiger partial charge on any atom is 0.245 e. The number of piperidine rings is 1. The highest BCUT2D eigenvalue weighted by Gasteiger charge is 2.35. The SMILES string of the molecule is COC1CN(S(=O)(=O)c2cc(Br)c(F)cc2N)CCC1C. The second-order valence-electron chi connectivity index (χ2n) is 5.21. The predicted octanol–water partition coefficient (Wildman–Crippen LogP) is 2.22. The van der Waals surface area contributed by atoms with Crippen molar-refractivity contribution in [1.29, 1.82) is 0 Å². The van der Waals surface area contributed by atoms with Crippen molar-refractivity contribution in [3.63, 3.8) is 0 Å². The van der Waals surface area contributed by atoms with E-state index in [1.807, 2.05) is 6.92 Å². The minimum atomic E-state index is -3.77. The van der Waals surface area contributed by atoms with Gasteiger partial charge in [0.1, 0.15) is 10.7 Å². The molecule has 2 atom stereocenters. The summed E-state index contributed by atoms with van der Waals surface area (Å²) in [7, 11) is -2.20. The molecule has 1 aliphatic rings. The van der Waals surface area contributed by atoms with Crippen molar-refractivity contribution in [2.24, 2.45) is 5.92 Å². The van der Waals surface area contributed by atoms with Gasteiger partial charge >= 0.3 is 0 Å². The zero-order valence-electron chi connectivity index (χ0n) is 11.8. The summed E-state index contributed by atoms with van der Waals surface area (Å²) in [6, 6.07) is 2.22. The van der Waals surface area contributed by atoms with E-state index in [0.29, 0.717) is 18.9 Å². The van der Waals surface area contributed by atoms with E-state index in [4.69, 9.17) is 10.5 Å². The number of nitrogens with two attached hydrogens (primary N) is 1. The van der Waals surface area contributed by atoms with Crippen LogP contribution in [0.25, 0.3) is 0 Å².